The number of amides is 1. The Morgan fingerprint density at radius 3 is 2.03 bits per heavy atom. The maximum absolute atomic E-state index is 13.0. The summed E-state index contributed by atoms with van der Waals surface area (Å²) in [5.41, 5.74) is 0.213. The number of methoxy groups -OCH3 is 1. The van der Waals surface area contributed by atoms with Crippen molar-refractivity contribution in [1.82, 2.24) is 5.32 Å². The molecule has 0 aliphatic heterocycles. The number of ether oxygens (including phenoxy) is 3. The number of carbonyl (C=O) groups is 3. The third-order valence-corrected chi connectivity index (χ3v) is 4.46. The van der Waals surface area contributed by atoms with Gasteiger partial charge in [-0.1, -0.05) is 60.7 Å². The molecule has 0 aromatic heterocycles. The van der Waals surface area contributed by atoms with E-state index in [9.17, 15) is 19.5 Å². The van der Waals surface area contributed by atoms with Gasteiger partial charge in [-0.05, 0) is 31.9 Å². The minimum Gasteiger partial charge on any atom is -0.469 e. The van der Waals surface area contributed by atoms with Crippen LogP contribution in [0.25, 0.3) is 0 Å². The van der Waals surface area contributed by atoms with Gasteiger partial charge in [0.1, 0.15) is 24.2 Å². The fourth-order valence-electron chi connectivity index (χ4n) is 2.99. The topological polar surface area (TPSA) is 111 Å². The van der Waals surface area contributed by atoms with Gasteiger partial charge in [0.2, 0.25) is 0 Å². The molecule has 1 unspecified atom stereocenters. The van der Waals surface area contributed by atoms with Crippen molar-refractivity contribution in [2.24, 2.45) is 5.92 Å². The predicted octanol–water partition coefficient (Wildman–Crippen LogP) is 3.15. The average molecular weight is 443 g/mol. The van der Waals surface area contributed by atoms with Crippen LogP contribution in [0.2, 0.25) is 0 Å². The van der Waals surface area contributed by atoms with Crippen LogP contribution >= 0.6 is 0 Å². The molecule has 2 aromatic carbocycles. The van der Waals surface area contributed by atoms with E-state index >= 15 is 0 Å². The van der Waals surface area contributed by atoms with Crippen LogP contribution in [-0.4, -0.2) is 41.9 Å². The van der Waals surface area contributed by atoms with Crippen molar-refractivity contribution < 1.29 is 33.7 Å². The largest absolute Gasteiger partial charge is 0.469 e. The molecule has 2 aromatic rings. The summed E-state index contributed by atoms with van der Waals surface area (Å²) in [6.07, 6.45) is -2.39. The first-order valence-electron chi connectivity index (χ1n) is 10.1. The summed E-state index contributed by atoms with van der Waals surface area (Å²) in [4.78, 5) is 38.1. The number of hydrogen-bond donors (Lipinski definition) is 2. The van der Waals surface area contributed by atoms with E-state index in [4.69, 9.17) is 14.2 Å². The lowest BCUT2D eigenvalue weighted by atomic mass is 9.89. The first kappa shape index (κ1) is 24.9. The molecular formula is C24H29NO7. The van der Waals surface area contributed by atoms with Crippen LogP contribution < -0.4 is 5.32 Å². The van der Waals surface area contributed by atoms with Crippen LogP contribution in [0.3, 0.4) is 0 Å². The fourth-order valence-corrected chi connectivity index (χ4v) is 2.99. The number of hydrogen-bond acceptors (Lipinski definition) is 7. The SMILES string of the molecule is COC(=O)[C@H](C(O)c1ccccc1)[C@H](NC(=O)OCc1ccccc1)C(=O)OC(C)(C)C. The van der Waals surface area contributed by atoms with Gasteiger partial charge in [-0.15, -0.1) is 0 Å². The van der Waals surface area contributed by atoms with Crippen molar-refractivity contribution >= 4 is 18.0 Å². The molecule has 32 heavy (non-hydrogen) atoms. The van der Waals surface area contributed by atoms with Gasteiger partial charge in [0, 0.05) is 0 Å². The molecule has 0 spiro atoms. The highest BCUT2D eigenvalue weighted by atomic mass is 16.6. The van der Waals surface area contributed by atoms with Gasteiger partial charge in [0.05, 0.1) is 13.2 Å². The lowest BCUT2D eigenvalue weighted by molar-refractivity contribution is -0.167. The number of rotatable bonds is 8. The highest BCUT2D eigenvalue weighted by Gasteiger charge is 2.43. The molecular weight excluding hydrogens is 414 g/mol. The fraction of sp³-hybridized carbons (Fsp3) is 0.375. The Morgan fingerprint density at radius 1 is 0.938 bits per heavy atom. The Balaban J connectivity index is 2.30. The van der Waals surface area contributed by atoms with Crippen molar-refractivity contribution in [2.75, 3.05) is 7.11 Å². The number of carbonyl (C=O) groups excluding carboxylic acids is 3. The summed E-state index contributed by atoms with van der Waals surface area (Å²) in [7, 11) is 1.13. The molecule has 2 rings (SSSR count). The first-order valence-corrected chi connectivity index (χ1v) is 10.1. The quantitative estimate of drug-likeness (QED) is 0.476. The van der Waals surface area contributed by atoms with Crippen LogP contribution in [-0.2, 0) is 30.4 Å². The molecule has 0 bridgehead atoms. The summed E-state index contributed by atoms with van der Waals surface area (Å²) in [6, 6.07) is 15.7. The molecule has 0 heterocycles. The van der Waals surface area contributed by atoms with Crippen LogP contribution in [0.4, 0.5) is 4.79 Å². The van der Waals surface area contributed by atoms with E-state index < -0.39 is 41.7 Å². The Kier molecular flexibility index (Phi) is 8.78. The molecule has 1 amide bonds. The van der Waals surface area contributed by atoms with E-state index in [1.54, 1.807) is 75.4 Å². The van der Waals surface area contributed by atoms with Gasteiger partial charge in [-0.2, -0.15) is 0 Å². The first-order chi connectivity index (χ1) is 15.1. The molecule has 0 radical (unpaired) electrons. The normalized spacial score (nSPS) is 13.9. The molecule has 8 heteroatoms. The Bertz CT molecular complexity index is 894. The second-order valence-electron chi connectivity index (χ2n) is 8.12. The van der Waals surface area contributed by atoms with Gasteiger partial charge in [0.15, 0.2) is 0 Å². The van der Waals surface area contributed by atoms with Gasteiger partial charge in [0.25, 0.3) is 0 Å². The Morgan fingerprint density at radius 2 is 1.50 bits per heavy atom. The summed E-state index contributed by atoms with van der Waals surface area (Å²) in [5, 5.41) is 13.3. The van der Waals surface area contributed by atoms with Gasteiger partial charge in [-0.25, -0.2) is 9.59 Å². The van der Waals surface area contributed by atoms with E-state index in [-0.39, 0.29) is 6.61 Å². The molecule has 2 N–H and O–H groups in total. The van der Waals surface area contributed by atoms with Crippen molar-refractivity contribution in [3.8, 4) is 0 Å². The number of benzene rings is 2. The monoisotopic (exact) mass is 443 g/mol. The lowest BCUT2D eigenvalue weighted by Gasteiger charge is -2.30. The van der Waals surface area contributed by atoms with Gasteiger partial charge >= 0.3 is 18.0 Å². The number of aliphatic hydroxyl groups excluding tert-OH is 1. The van der Waals surface area contributed by atoms with Crippen LogP contribution in [0, 0.1) is 5.92 Å². The van der Waals surface area contributed by atoms with E-state index in [0.717, 1.165) is 12.7 Å². The summed E-state index contributed by atoms with van der Waals surface area (Å²) < 4.78 is 15.4. The van der Waals surface area contributed by atoms with E-state index in [2.05, 4.69) is 5.32 Å². The smallest absolute Gasteiger partial charge is 0.408 e. The van der Waals surface area contributed by atoms with Crippen molar-refractivity contribution in [3.63, 3.8) is 0 Å². The van der Waals surface area contributed by atoms with Crippen molar-refractivity contribution in [3.05, 3.63) is 71.8 Å². The number of nitrogens with one attached hydrogen (secondary N) is 1. The lowest BCUT2D eigenvalue weighted by Crippen LogP contribution is -2.52. The molecule has 0 aliphatic rings. The summed E-state index contributed by atoms with van der Waals surface area (Å²) in [6.45, 7) is 4.90. The molecule has 0 aliphatic carbocycles. The predicted molar refractivity (Wildman–Crippen MR) is 116 cm³/mol. The van der Waals surface area contributed by atoms with Crippen LogP contribution in [0.5, 0.6) is 0 Å². The average Bonchev–Trinajstić information content (AvgIpc) is 2.77. The summed E-state index contributed by atoms with van der Waals surface area (Å²) in [5.74, 6) is -3.26. The highest BCUT2D eigenvalue weighted by Crippen LogP contribution is 2.28. The summed E-state index contributed by atoms with van der Waals surface area (Å²) >= 11 is 0. The van der Waals surface area contributed by atoms with Gasteiger partial charge in [-0.3, -0.25) is 4.79 Å². The minimum atomic E-state index is -1.56. The zero-order valence-electron chi connectivity index (χ0n) is 18.6. The van der Waals surface area contributed by atoms with Crippen molar-refractivity contribution in [2.45, 2.75) is 45.1 Å². The van der Waals surface area contributed by atoms with E-state index in [0.29, 0.717) is 5.56 Å². The number of esters is 2. The highest BCUT2D eigenvalue weighted by molar-refractivity contribution is 5.88. The Hall–Kier alpha value is -3.39. The zero-order chi connectivity index (χ0) is 23.7. The molecule has 0 saturated heterocycles. The molecule has 172 valence electrons. The Labute approximate surface area is 187 Å². The van der Waals surface area contributed by atoms with Gasteiger partial charge < -0.3 is 24.6 Å². The third-order valence-electron chi connectivity index (χ3n) is 4.46. The van der Waals surface area contributed by atoms with Crippen LogP contribution in [0.1, 0.15) is 38.0 Å². The van der Waals surface area contributed by atoms with Crippen molar-refractivity contribution in [1.29, 1.82) is 0 Å². The third kappa shape index (κ3) is 7.39. The zero-order valence-corrected chi connectivity index (χ0v) is 18.6. The number of alkyl carbamates (subject to hydrolysis) is 1. The second-order valence-corrected chi connectivity index (χ2v) is 8.12. The second kappa shape index (κ2) is 11.3. The molecule has 8 nitrogen and oxygen atoms in total. The minimum absolute atomic E-state index is 0.0438. The van der Waals surface area contributed by atoms with E-state index in [1.165, 1.54) is 0 Å². The molecule has 0 fully saturated rings. The molecule has 0 saturated carbocycles. The maximum atomic E-state index is 13.0. The molecule has 3 atom stereocenters. The standard InChI is InChI=1S/C24H29NO7/c1-24(2,3)32-22(28)19(25-23(29)31-15-16-11-7-5-8-12-16)18(21(27)30-4)20(26)17-13-9-6-10-14-17/h5-14,18-20,26H,15H2,1-4H3,(H,25,29)/t18-,19-,20?/m0/s1. The van der Waals surface area contributed by atoms with E-state index in [1.807, 2.05) is 6.07 Å². The number of aliphatic hydroxyl groups is 1. The maximum Gasteiger partial charge on any atom is 0.408 e. The van der Waals surface area contributed by atoms with Crippen LogP contribution in [0.15, 0.2) is 60.7 Å².